The summed E-state index contributed by atoms with van der Waals surface area (Å²) < 4.78 is 5.70. The SMILES string of the molecule is CC(=O)O.CCC(C)(C)C(=O)OC1(C)CCCCC1. The van der Waals surface area contributed by atoms with E-state index in [1.165, 1.54) is 19.3 Å². The van der Waals surface area contributed by atoms with Gasteiger partial charge in [-0.1, -0.05) is 13.3 Å². The number of carboxylic acids is 1. The summed E-state index contributed by atoms with van der Waals surface area (Å²) in [5, 5.41) is 7.42. The molecule has 0 radical (unpaired) electrons. The summed E-state index contributed by atoms with van der Waals surface area (Å²) in [4.78, 5) is 20.9. The molecule has 4 heteroatoms. The summed E-state index contributed by atoms with van der Waals surface area (Å²) in [6, 6.07) is 0. The lowest BCUT2D eigenvalue weighted by Gasteiger charge is -2.36. The molecule has 0 amide bonds. The molecule has 1 saturated carbocycles. The molecule has 1 N–H and O–H groups in total. The van der Waals surface area contributed by atoms with Gasteiger partial charge in [-0.15, -0.1) is 0 Å². The van der Waals surface area contributed by atoms with E-state index in [2.05, 4.69) is 6.92 Å². The Hall–Kier alpha value is -1.06. The molecular weight excluding hydrogens is 244 g/mol. The van der Waals surface area contributed by atoms with Crippen LogP contribution in [-0.2, 0) is 14.3 Å². The summed E-state index contributed by atoms with van der Waals surface area (Å²) >= 11 is 0. The quantitative estimate of drug-likeness (QED) is 0.794. The molecule has 0 aromatic heterocycles. The number of carbonyl (C=O) groups excluding carboxylic acids is 1. The van der Waals surface area contributed by atoms with Gasteiger partial charge in [-0.25, -0.2) is 0 Å². The van der Waals surface area contributed by atoms with Crippen LogP contribution in [0.25, 0.3) is 0 Å². The first-order valence-corrected chi connectivity index (χ1v) is 7.06. The number of hydrogen-bond acceptors (Lipinski definition) is 3. The van der Waals surface area contributed by atoms with Crippen molar-refractivity contribution >= 4 is 11.9 Å². The summed E-state index contributed by atoms with van der Waals surface area (Å²) in [6.07, 6.45) is 6.55. The second-order valence-corrected chi connectivity index (χ2v) is 6.16. The van der Waals surface area contributed by atoms with Crippen molar-refractivity contribution in [3.8, 4) is 0 Å². The average Bonchev–Trinajstić information content (AvgIpc) is 2.28. The predicted molar refractivity (Wildman–Crippen MR) is 75.0 cm³/mol. The maximum absolute atomic E-state index is 11.9. The smallest absolute Gasteiger partial charge is 0.312 e. The van der Waals surface area contributed by atoms with Gasteiger partial charge in [0.05, 0.1) is 5.41 Å². The van der Waals surface area contributed by atoms with E-state index in [0.717, 1.165) is 26.2 Å². The average molecular weight is 272 g/mol. The van der Waals surface area contributed by atoms with Crippen LogP contribution < -0.4 is 0 Å². The van der Waals surface area contributed by atoms with Gasteiger partial charge in [0, 0.05) is 6.92 Å². The molecule has 4 nitrogen and oxygen atoms in total. The minimum Gasteiger partial charge on any atom is -0.481 e. The number of rotatable bonds is 3. The van der Waals surface area contributed by atoms with Crippen molar-refractivity contribution in [2.75, 3.05) is 0 Å². The van der Waals surface area contributed by atoms with Crippen LogP contribution in [0.4, 0.5) is 0 Å². The lowest BCUT2D eigenvalue weighted by atomic mass is 9.85. The summed E-state index contributed by atoms with van der Waals surface area (Å²) in [5.41, 5.74) is -0.526. The third-order valence-corrected chi connectivity index (χ3v) is 3.69. The van der Waals surface area contributed by atoms with Gasteiger partial charge in [-0.3, -0.25) is 9.59 Å². The van der Waals surface area contributed by atoms with Gasteiger partial charge < -0.3 is 9.84 Å². The van der Waals surface area contributed by atoms with Crippen LogP contribution in [0.1, 0.15) is 73.1 Å². The van der Waals surface area contributed by atoms with Gasteiger partial charge in [0.2, 0.25) is 0 Å². The van der Waals surface area contributed by atoms with Crippen LogP contribution in [0, 0.1) is 5.41 Å². The minimum absolute atomic E-state index is 0.0330. The molecule has 0 aliphatic heterocycles. The topological polar surface area (TPSA) is 63.6 Å². The van der Waals surface area contributed by atoms with Gasteiger partial charge in [0.25, 0.3) is 5.97 Å². The van der Waals surface area contributed by atoms with E-state index in [4.69, 9.17) is 14.6 Å². The second-order valence-electron chi connectivity index (χ2n) is 6.16. The third kappa shape index (κ3) is 7.19. The van der Waals surface area contributed by atoms with Crippen LogP contribution in [-0.4, -0.2) is 22.6 Å². The minimum atomic E-state index is -0.833. The molecule has 0 spiro atoms. The molecule has 1 rings (SSSR count). The Morgan fingerprint density at radius 2 is 1.63 bits per heavy atom. The van der Waals surface area contributed by atoms with E-state index in [9.17, 15) is 4.79 Å². The van der Waals surface area contributed by atoms with E-state index >= 15 is 0 Å². The van der Waals surface area contributed by atoms with Crippen molar-refractivity contribution in [3.63, 3.8) is 0 Å². The van der Waals surface area contributed by atoms with Crippen LogP contribution in [0.3, 0.4) is 0 Å². The highest BCUT2D eigenvalue weighted by molar-refractivity contribution is 5.76. The van der Waals surface area contributed by atoms with Crippen molar-refractivity contribution in [1.29, 1.82) is 0 Å². The summed E-state index contributed by atoms with van der Waals surface area (Å²) in [5.74, 6) is -0.866. The Morgan fingerprint density at radius 1 is 1.21 bits per heavy atom. The zero-order valence-corrected chi connectivity index (χ0v) is 12.9. The molecule has 0 aromatic carbocycles. The normalized spacial score (nSPS) is 17.9. The molecule has 0 aromatic rings. The van der Waals surface area contributed by atoms with Gasteiger partial charge in [-0.05, 0) is 52.9 Å². The van der Waals surface area contributed by atoms with E-state index < -0.39 is 5.97 Å². The fraction of sp³-hybridized carbons (Fsp3) is 0.867. The Balaban J connectivity index is 0.000000711. The molecule has 0 saturated heterocycles. The summed E-state index contributed by atoms with van der Waals surface area (Å²) in [6.45, 7) is 9.11. The first-order chi connectivity index (χ1) is 8.63. The maximum atomic E-state index is 11.9. The van der Waals surface area contributed by atoms with E-state index in [1.54, 1.807) is 0 Å². The standard InChI is InChI=1S/C13H24O2.C2H4O2/c1-5-12(2,3)11(14)15-13(4)9-7-6-8-10-13;1-2(3)4/h5-10H2,1-4H3;1H3,(H,3,4). The fourth-order valence-electron chi connectivity index (χ4n) is 1.91. The van der Waals surface area contributed by atoms with Crippen LogP contribution in [0.2, 0.25) is 0 Å². The second kappa shape index (κ2) is 7.51. The molecule has 19 heavy (non-hydrogen) atoms. The van der Waals surface area contributed by atoms with Crippen molar-refractivity contribution in [1.82, 2.24) is 0 Å². The lowest BCUT2D eigenvalue weighted by molar-refractivity contribution is -0.172. The molecule has 1 fully saturated rings. The first kappa shape index (κ1) is 17.9. The number of carbonyl (C=O) groups is 2. The maximum Gasteiger partial charge on any atom is 0.312 e. The van der Waals surface area contributed by atoms with Crippen LogP contribution in [0.5, 0.6) is 0 Å². The number of carboxylic acid groups (broad SMARTS) is 1. The highest BCUT2D eigenvalue weighted by atomic mass is 16.6. The molecule has 0 bridgehead atoms. The van der Waals surface area contributed by atoms with E-state index in [1.807, 2.05) is 20.8 Å². The molecule has 0 heterocycles. The van der Waals surface area contributed by atoms with Crippen LogP contribution in [0.15, 0.2) is 0 Å². The number of hydrogen-bond donors (Lipinski definition) is 1. The van der Waals surface area contributed by atoms with Gasteiger partial charge >= 0.3 is 5.97 Å². The fourth-order valence-corrected chi connectivity index (χ4v) is 1.91. The molecule has 0 atom stereocenters. The largest absolute Gasteiger partial charge is 0.481 e. The van der Waals surface area contributed by atoms with Crippen molar-refractivity contribution in [2.45, 2.75) is 78.7 Å². The van der Waals surface area contributed by atoms with E-state index in [0.29, 0.717) is 0 Å². The number of esters is 1. The molecule has 1 aliphatic carbocycles. The molecule has 112 valence electrons. The highest BCUT2D eigenvalue weighted by Gasteiger charge is 2.36. The van der Waals surface area contributed by atoms with Gasteiger partial charge in [0.1, 0.15) is 5.60 Å². The highest BCUT2D eigenvalue weighted by Crippen LogP contribution is 2.34. The van der Waals surface area contributed by atoms with Gasteiger partial charge in [-0.2, -0.15) is 0 Å². The van der Waals surface area contributed by atoms with Crippen molar-refractivity contribution in [2.24, 2.45) is 5.41 Å². The lowest BCUT2D eigenvalue weighted by Crippen LogP contribution is -2.38. The Kier molecular flexibility index (Phi) is 7.09. The monoisotopic (exact) mass is 272 g/mol. The molecular formula is C15H28O4. The molecule has 0 unspecified atom stereocenters. The Labute approximate surface area is 116 Å². The number of aliphatic carboxylic acids is 1. The Bertz CT molecular complexity index is 297. The Morgan fingerprint density at radius 3 is 2.00 bits per heavy atom. The zero-order valence-electron chi connectivity index (χ0n) is 12.9. The summed E-state index contributed by atoms with van der Waals surface area (Å²) in [7, 11) is 0. The third-order valence-electron chi connectivity index (χ3n) is 3.69. The van der Waals surface area contributed by atoms with Crippen LogP contribution >= 0.6 is 0 Å². The molecule has 1 aliphatic rings. The van der Waals surface area contributed by atoms with Crippen molar-refractivity contribution < 1.29 is 19.4 Å². The zero-order chi connectivity index (χ0) is 15.1. The predicted octanol–water partition coefficient (Wildman–Crippen LogP) is 3.78. The van der Waals surface area contributed by atoms with Gasteiger partial charge in [0.15, 0.2) is 0 Å². The van der Waals surface area contributed by atoms with E-state index in [-0.39, 0.29) is 17.0 Å². The van der Waals surface area contributed by atoms with Crippen molar-refractivity contribution in [3.05, 3.63) is 0 Å². The number of ether oxygens (including phenoxy) is 1. The first-order valence-electron chi connectivity index (χ1n) is 7.06.